The molecule has 0 bridgehead atoms. The summed E-state index contributed by atoms with van der Waals surface area (Å²) in [6, 6.07) is 9.54. The van der Waals surface area contributed by atoms with Gasteiger partial charge < -0.3 is 20.7 Å². The summed E-state index contributed by atoms with van der Waals surface area (Å²) in [5.41, 5.74) is 1.81. The highest BCUT2D eigenvalue weighted by Crippen LogP contribution is 2.10. The summed E-state index contributed by atoms with van der Waals surface area (Å²) in [5.74, 6) is 0.629. The summed E-state index contributed by atoms with van der Waals surface area (Å²) in [7, 11) is 1.75. The van der Waals surface area contributed by atoms with Gasteiger partial charge in [0.25, 0.3) is 0 Å². The molecule has 0 fully saturated rings. The minimum absolute atomic E-state index is 0. The fourth-order valence-corrected chi connectivity index (χ4v) is 2.64. The quantitative estimate of drug-likeness (QED) is 0.171. The van der Waals surface area contributed by atoms with Crippen molar-refractivity contribution >= 4 is 41.5 Å². The maximum atomic E-state index is 12.1. The first-order chi connectivity index (χ1) is 14.2. The van der Waals surface area contributed by atoms with Crippen LogP contribution in [0.2, 0.25) is 0 Å². The van der Waals surface area contributed by atoms with Crippen LogP contribution >= 0.6 is 24.0 Å². The fraction of sp³-hybridized carbons (Fsp3) is 0.476. The molecule has 1 aromatic carbocycles. The average molecular weight is 528 g/mol. The van der Waals surface area contributed by atoms with Gasteiger partial charge in [-0.25, -0.2) is 0 Å². The molecule has 0 spiro atoms. The lowest BCUT2D eigenvalue weighted by Crippen LogP contribution is -2.37. The number of aromatic nitrogens is 2. The molecule has 0 aliphatic heterocycles. The lowest BCUT2D eigenvalue weighted by molar-refractivity contribution is -0.116. The molecular formula is C21H33IN6O2. The van der Waals surface area contributed by atoms with Gasteiger partial charge >= 0.3 is 0 Å². The van der Waals surface area contributed by atoms with Crippen LogP contribution in [0.25, 0.3) is 0 Å². The molecule has 166 valence electrons. The van der Waals surface area contributed by atoms with Gasteiger partial charge in [-0.15, -0.1) is 24.0 Å². The van der Waals surface area contributed by atoms with E-state index < -0.39 is 0 Å². The number of aliphatic imine (C=N–C) groups is 1. The molecule has 3 N–H and O–H groups in total. The number of hydrogen-bond donors (Lipinski definition) is 3. The molecular weight excluding hydrogens is 495 g/mol. The van der Waals surface area contributed by atoms with E-state index in [1.54, 1.807) is 30.2 Å². The fourth-order valence-electron chi connectivity index (χ4n) is 2.64. The average Bonchev–Trinajstić information content (AvgIpc) is 3.22. The van der Waals surface area contributed by atoms with Crippen LogP contribution in [-0.4, -0.2) is 48.5 Å². The number of anilines is 1. The van der Waals surface area contributed by atoms with Crippen molar-refractivity contribution in [2.75, 3.05) is 32.1 Å². The van der Waals surface area contributed by atoms with Crippen LogP contribution in [0.1, 0.15) is 31.7 Å². The first-order valence-corrected chi connectivity index (χ1v) is 10.1. The van der Waals surface area contributed by atoms with Crippen molar-refractivity contribution in [1.29, 1.82) is 0 Å². The van der Waals surface area contributed by atoms with Gasteiger partial charge in [-0.2, -0.15) is 5.10 Å². The SMILES string of the molecule is CCCCOCCCNC(=NC)NCc1cccc(NC(=O)Cn2cccn2)c1.I. The lowest BCUT2D eigenvalue weighted by Gasteiger charge is -2.13. The standard InChI is InChI=1S/C21H32N6O2.HI/c1-3-4-13-29-14-7-10-23-21(22-2)24-16-18-8-5-9-19(15-18)26-20(28)17-27-12-6-11-25-27;/h5-6,8-9,11-12,15H,3-4,7,10,13-14,16-17H2,1-2H3,(H,26,28)(H2,22,23,24);1H. The van der Waals surface area contributed by atoms with Crippen molar-refractivity contribution in [3.05, 3.63) is 48.3 Å². The molecule has 1 heterocycles. The molecule has 30 heavy (non-hydrogen) atoms. The van der Waals surface area contributed by atoms with Gasteiger partial charge in [-0.3, -0.25) is 14.5 Å². The molecule has 0 radical (unpaired) electrons. The molecule has 2 aromatic rings. The van der Waals surface area contributed by atoms with Crippen LogP contribution in [-0.2, 0) is 22.6 Å². The Morgan fingerprint density at radius 1 is 1.20 bits per heavy atom. The molecule has 1 aromatic heterocycles. The van der Waals surface area contributed by atoms with Gasteiger partial charge in [0.2, 0.25) is 5.91 Å². The van der Waals surface area contributed by atoms with Crippen LogP contribution in [0.5, 0.6) is 0 Å². The number of carbonyl (C=O) groups is 1. The largest absolute Gasteiger partial charge is 0.381 e. The van der Waals surface area contributed by atoms with Crippen molar-refractivity contribution in [3.63, 3.8) is 0 Å². The number of halogens is 1. The predicted molar refractivity (Wildman–Crippen MR) is 131 cm³/mol. The molecule has 0 aliphatic rings. The van der Waals surface area contributed by atoms with E-state index in [9.17, 15) is 4.79 Å². The number of guanidine groups is 1. The number of amides is 1. The summed E-state index contributed by atoms with van der Waals surface area (Å²) in [5, 5.41) is 13.5. The van der Waals surface area contributed by atoms with Gasteiger partial charge in [0.05, 0.1) is 0 Å². The Morgan fingerprint density at radius 2 is 2.03 bits per heavy atom. The van der Waals surface area contributed by atoms with Gasteiger partial charge in [-0.1, -0.05) is 25.5 Å². The maximum absolute atomic E-state index is 12.1. The first kappa shape index (κ1) is 25.9. The zero-order valence-corrected chi connectivity index (χ0v) is 20.1. The minimum atomic E-state index is -0.113. The molecule has 2 rings (SSSR count). The van der Waals surface area contributed by atoms with E-state index in [0.29, 0.717) is 6.54 Å². The molecule has 0 aliphatic carbocycles. The zero-order chi connectivity index (χ0) is 20.7. The maximum Gasteiger partial charge on any atom is 0.246 e. The Labute approximate surface area is 195 Å². The summed E-state index contributed by atoms with van der Waals surface area (Å²) >= 11 is 0. The predicted octanol–water partition coefficient (Wildman–Crippen LogP) is 3.01. The second kappa shape index (κ2) is 15.7. The van der Waals surface area contributed by atoms with Crippen molar-refractivity contribution in [2.45, 2.75) is 39.3 Å². The first-order valence-electron chi connectivity index (χ1n) is 10.1. The van der Waals surface area contributed by atoms with Gasteiger partial charge in [0.15, 0.2) is 5.96 Å². The molecule has 0 saturated carbocycles. The summed E-state index contributed by atoms with van der Waals surface area (Å²) in [6.45, 7) is 5.34. The number of carbonyl (C=O) groups excluding carboxylic acids is 1. The van der Waals surface area contributed by atoms with Gasteiger partial charge in [0, 0.05) is 51.4 Å². The molecule has 1 amide bonds. The van der Waals surface area contributed by atoms with Crippen LogP contribution < -0.4 is 16.0 Å². The summed E-state index contributed by atoms with van der Waals surface area (Å²) in [6.07, 6.45) is 6.61. The smallest absolute Gasteiger partial charge is 0.246 e. The highest BCUT2D eigenvalue weighted by Gasteiger charge is 2.05. The van der Waals surface area contributed by atoms with E-state index in [0.717, 1.165) is 56.2 Å². The highest BCUT2D eigenvalue weighted by atomic mass is 127. The van der Waals surface area contributed by atoms with Crippen LogP contribution in [0.4, 0.5) is 5.69 Å². The minimum Gasteiger partial charge on any atom is -0.381 e. The number of benzene rings is 1. The third-order valence-electron chi connectivity index (χ3n) is 4.16. The Bertz CT molecular complexity index is 752. The number of ether oxygens (including phenoxy) is 1. The topological polar surface area (TPSA) is 92.6 Å². The van der Waals surface area contributed by atoms with Crippen molar-refractivity contribution < 1.29 is 9.53 Å². The summed E-state index contributed by atoms with van der Waals surface area (Å²) in [4.78, 5) is 16.3. The highest BCUT2D eigenvalue weighted by molar-refractivity contribution is 14.0. The van der Waals surface area contributed by atoms with Gasteiger partial charge in [0.1, 0.15) is 6.54 Å². The Balaban J connectivity index is 0.00000450. The monoisotopic (exact) mass is 528 g/mol. The van der Waals surface area contributed by atoms with E-state index in [1.165, 1.54) is 0 Å². The molecule has 0 atom stereocenters. The van der Waals surface area contributed by atoms with Crippen LogP contribution in [0.15, 0.2) is 47.7 Å². The zero-order valence-electron chi connectivity index (χ0n) is 17.8. The van der Waals surface area contributed by atoms with Gasteiger partial charge in [-0.05, 0) is 36.6 Å². The van der Waals surface area contributed by atoms with E-state index in [2.05, 4.69) is 33.0 Å². The Morgan fingerprint density at radius 3 is 2.77 bits per heavy atom. The number of unbranched alkanes of at least 4 members (excludes halogenated alkanes) is 1. The number of nitrogens with one attached hydrogen (secondary N) is 3. The third kappa shape index (κ3) is 10.6. The van der Waals surface area contributed by atoms with E-state index in [1.807, 2.05) is 24.3 Å². The Kier molecular flexibility index (Phi) is 13.5. The van der Waals surface area contributed by atoms with Crippen LogP contribution in [0.3, 0.4) is 0 Å². The van der Waals surface area contributed by atoms with Crippen molar-refractivity contribution in [2.24, 2.45) is 4.99 Å². The van der Waals surface area contributed by atoms with Crippen LogP contribution in [0, 0.1) is 0 Å². The normalized spacial score (nSPS) is 10.9. The Hall–Kier alpha value is -2.14. The number of nitrogens with zero attached hydrogens (tertiary/aromatic N) is 3. The van der Waals surface area contributed by atoms with Crippen molar-refractivity contribution in [1.82, 2.24) is 20.4 Å². The third-order valence-corrected chi connectivity index (χ3v) is 4.16. The number of hydrogen-bond acceptors (Lipinski definition) is 4. The van der Waals surface area contributed by atoms with E-state index >= 15 is 0 Å². The second-order valence-corrected chi connectivity index (χ2v) is 6.62. The molecule has 0 unspecified atom stereocenters. The van der Waals surface area contributed by atoms with E-state index in [-0.39, 0.29) is 36.4 Å². The van der Waals surface area contributed by atoms with Crippen molar-refractivity contribution in [3.8, 4) is 0 Å². The summed E-state index contributed by atoms with van der Waals surface area (Å²) < 4.78 is 7.14. The second-order valence-electron chi connectivity index (χ2n) is 6.62. The molecule has 8 nitrogen and oxygen atoms in total. The lowest BCUT2D eigenvalue weighted by atomic mass is 10.2. The van der Waals surface area contributed by atoms with E-state index in [4.69, 9.17) is 4.74 Å². The molecule has 0 saturated heterocycles. The molecule has 9 heteroatoms. The number of rotatable bonds is 12.